The van der Waals surface area contributed by atoms with Crippen LogP contribution in [0.2, 0.25) is 10.0 Å². The first-order valence-electron chi connectivity index (χ1n) is 4.97. The number of aliphatic imine (C=N–C) groups is 1. The standard InChI is InChI=1S/C11H12BrCl2FN2/c1-6(2)16-11(10(12)15)17-9-4-7(13)3-8(14)5-9/h3-6,10H,1-2H3,(H,16,17). The molecule has 1 atom stereocenters. The zero-order valence-corrected chi connectivity index (χ0v) is 12.4. The van der Waals surface area contributed by atoms with Crippen molar-refractivity contribution >= 4 is 50.7 Å². The topological polar surface area (TPSA) is 24.4 Å². The number of anilines is 1. The summed E-state index contributed by atoms with van der Waals surface area (Å²) in [6.45, 7) is 3.73. The van der Waals surface area contributed by atoms with Gasteiger partial charge in [-0.2, -0.15) is 0 Å². The molecule has 0 radical (unpaired) electrons. The van der Waals surface area contributed by atoms with Gasteiger partial charge in [0, 0.05) is 21.8 Å². The Balaban J connectivity index is 2.94. The third-order valence-electron chi connectivity index (χ3n) is 1.74. The highest BCUT2D eigenvalue weighted by Crippen LogP contribution is 2.23. The van der Waals surface area contributed by atoms with Crippen LogP contribution < -0.4 is 5.32 Å². The summed E-state index contributed by atoms with van der Waals surface area (Å²) in [5.74, 6) is 0.193. The van der Waals surface area contributed by atoms with E-state index in [4.69, 9.17) is 23.2 Å². The minimum absolute atomic E-state index is 0.0112. The summed E-state index contributed by atoms with van der Waals surface area (Å²) in [5, 5.41) is 2.45. The van der Waals surface area contributed by atoms with E-state index >= 15 is 0 Å². The van der Waals surface area contributed by atoms with Crippen molar-refractivity contribution in [2.75, 3.05) is 5.32 Å². The monoisotopic (exact) mass is 340 g/mol. The van der Waals surface area contributed by atoms with Crippen LogP contribution in [0.3, 0.4) is 0 Å². The third-order valence-corrected chi connectivity index (χ3v) is 2.61. The second kappa shape index (κ2) is 6.57. The molecule has 0 aromatic heterocycles. The van der Waals surface area contributed by atoms with Crippen LogP contribution in [0.4, 0.5) is 10.1 Å². The molecule has 0 saturated heterocycles. The third kappa shape index (κ3) is 5.23. The molecular weight excluding hydrogens is 330 g/mol. The van der Waals surface area contributed by atoms with E-state index < -0.39 is 5.08 Å². The fraction of sp³-hybridized carbons (Fsp3) is 0.364. The van der Waals surface area contributed by atoms with Gasteiger partial charge in [0.2, 0.25) is 5.08 Å². The van der Waals surface area contributed by atoms with Crippen molar-refractivity contribution in [3.05, 3.63) is 28.2 Å². The number of hydrogen-bond donors (Lipinski definition) is 1. The Morgan fingerprint density at radius 3 is 2.24 bits per heavy atom. The van der Waals surface area contributed by atoms with Crippen LogP contribution in [0.25, 0.3) is 0 Å². The number of hydrogen-bond acceptors (Lipinski definition) is 1. The van der Waals surface area contributed by atoms with E-state index in [2.05, 4.69) is 26.2 Å². The van der Waals surface area contributed by atoms with Crippen molar-refractivity contribution in [1.29, 1.82) is 0 Å². The predicted octanol–water partition coefficient (Wildman–Crippen LogP) is 4.90. The van der Waals surface area contributed by atoms with Gasteiger partial charge in [-0.25, -0.2) is 4.39 Å². The van der Waals surface area contributed by atoms with Gasteiger partial charge < -0.3 is 5.32 Å². The number of alkyl halides is 2. The van der Waals surface area contributed by atoms with E-state index in [1.807, 2.05) is 13.8 Å². The van der Waals surface area contributed by atoms with E-state index in [9.17, 15) is 4.39 Å². The van der Waals surface area contributed by atoms with Crippen LogP contribution in [0.5, 0.6) is 0 Å². The molecule has 0 aliphatic heterocycles. The largest absolute Gasteiger partial charge is 0.341 e. The normalized spacial score (nSPS) is 13.9. The van der Waals surface area contributed by atoms with E-state index in [1.165, 1.54) is 0 Å². The van der Waals surface area contributed by atoms with Gasteiger partial charge in [-0.15, -0.1) is 0 Å². The first-order valence-corrected chi connectivity index (χ1v) is 6.64. The summed E-state index contributed by atoms with van der Waals surface area (Å²) >= 11 is 14.5. The maximum atomic E-state index is 13.3. The van der Waals surface area contributed by atoms with Crippen LogP contribution in [0.15, 0.2) is 23.2 Å². The molecule has 1 rings (SSSR count). The predicted molar refractivity (Wildman–Crippen MR) is 76.5 cm³/mol. The highest BCUT2D eigenvalue weighted by atomic mass is 79.9. The Hall–Kier alpha value is -0.320. The van der Waals surface area contributed by atoms with Crippen LogP contribution in [-0.2, 0) is 0 Å². The average Bonchev–Trinajstić information content (AvgIpc) is 2.13. The van der Waals surface area contributed by atoms with Gasteiger partial charge in [-0.1, -0.05) is 23.2 Å². The second-order valence-electron chi connectivity index (χ2n) is 3.69. The van der Waals surface area contributed by atoms with Gasteiger partial charge in [-0.05, 0) is 48.0 Å². The molecule has 0 amide bonds. The molecule has 6 heteroatoms. The zero-order chi connectivity index (χ0) is 13.0. The zero-order valence-electron chi connectivity index (χ0n) is 9.35. The maximum absolute atomic E-state index is 13.3. The van der Waals surface area contributed by atoms with Crippen LogP contribution in [0.1, 0.15) is 13.8 Å². The Kier molecular flexibility index (Phi) is 5.70. The van der Waals surface area contributed by atoms with Crippen molar-refractivity contribution in [2.45, 2.75) is 25.0 Å². The Morgan fingerprint density at radius 2 is 1.82 bits per heavy atom. The smallest absolute Gasteiger partial charge is 0.211 e. The molecule has 0 bridgehead atoms. The second-order valence-corrected chi connectivity index (χ2v) is 5.37. The number of benzene rings is 1. The molecule has 0 heterocycles. The molecule has 17 heavy (non-hydrogen) atoms. The number of nitrogens with one attached hydrogen (secondary N) is 1. The highest BCUT2D eigenvalue weighted by Gasteiger charge is 2.12. The quantitative estimate of drug-likeness (QED) is 0.472. The first kappa shape index (κ1) is 14.7. The Bertz CT molecular complexity index is 402. The average molecular weight is 342 g/mol. The lowest BCUT2D eigenvalue weighted by Crippen LogP contribution is -2.21. The van der Waals surface area contributed by atoms with E-state index in [-0.39, 0.29) is 11.9 Å². The number of rotatable bonds is 3. The van der Waals surface area contributed by atoms with Crippen molar-refractivity contribution < 1.29 is 4.39 Å². The fourth-order valence-electron chi connectivity index (χ4n) is 1.20. The van der Waals surface area contributed by atoms with Crippen molar-refractivity contribution in [3.63, 3.8) is 0 Å². The van der Waals surface area contributed by atoms with Gasteiger partial charge in [0.05, 0.1) is 0 Å². The van der Waals surface area contributed by atoms with Crippen LogP contribution in [-0.4, -0.2) is 17.0 Å². The lowest BCUT2D eigenvalue weighted by atomic mass is 10.3. The molecule has 94 valence electrons. The lowest BCUT2D eigenvalue weighted by molar-refractivity contribution is 0.546. The maximum Gasteiger partial charge on any atom is 0.211 e. The van der Waals surface area contributed by atoms with E-state index in [0.717, 1.165) is 0 Å². The van der Waals surface area contributed by atoms with E-state index in [0.29, 0.717) is 15.7 Å². The molecular formula is C11H12BrCl2FN2. The lowest BCUT2D eigenvalue weighted by Gasteiger charge is -2.12. The molecule has 0 aliphatic carbocycles. The molecule has 1 unspecified atom stereocenters. The molecule has 0 aliphatic rings. The van der Waals surface area contributed by atoms with Gasteiger partial charge in [-0.3, -0.25) is 4.99 Å². The molecule has 2 nitrogen and oxygen atoms in total. The summed E-state index contributed by atoms with van der Waals surface area (Å²) in [5.41, 5.74) is 0.601. The minimum Gasteiger partial charge on any atom is -0.341 e. The number of nitrogens with zero attached hydrogens (tertiary/aromatic N) is 1. The SMILES string of the molecule is CC(C)N=C(Nc1cc(Cl)cc(Cl)c1)C(F)Br. The van der Waals surface area contributed by atoms with Gasteiger partial charge in [0.1, 0.15) is 5.84 Å². The van der Waals surface area contributed by atoms with Crippen LogP contribution >= 0.6 is 39.1 Å². The highest BCUT2D eigenvalue weighted by molar-refractivity contribution is 9.09. The Labute approximate surface area is 118 Å². The summed E-state index contributed by atoms with van der Waals surface area (Å²) < 4.78 is 13.3. The van der Waals surface area contributed by atoms with Crippen LogP contribution in [0, 0.1) is 0 Å². The fourth-order valence-corrected chi connectivity index (χ4v) is 1.95. The first-order chi connectivity index (χ1) is 7.88. The molecule has 1 aromatic rings. The van der Waals surface area contributed by atoms with Crippen molar-refractivity contribution in [2.24, 2.45) is 4.99 Å². The summed E-state index contributed by atoms with van der Waals surface area (Å²) in [7, 11) is 0. The van der Waals surface area contributed by atoms with E-state index in [1.54, 1.807) is 18.2 Å². The number of amidine groups is 1. The molecule has 0 spiro atoms. The summed E-state index contributed by atoms with van der Waals surface area (Å²) in [4.78, 5) is 4.13. The van der Waals surface area contributed by atoms with Gasteiger partial charge in [0.15, 0.2) is 0 Å². The molecule has 0 fully saturated rings. The summed E-state index contributed by atoms with van der Waals surface area (Å²) in [6, 6.07) is 4.90. The molecule has 1 N–H and O–H groups in total. The Morgan fingerprint density at radius 1 is 1.29 bits per heavy atom. The number of halogens is 4. The van der Waals surface area contributed by atoms with Crippen molar-refractivity contribution in [3.8, 4) is 0 Å². The minimum atomic E-state index is -1.36. The van der Waals surface area contributed by atoms with Crippen molar-refractivity contribution in [1.82, 2.24) is 0 Å². The van der Waals surface area contributed by atoms with Gasteiger partial charge >= 0.3 is 0 Å². The van der Waals surface area contributed by atoms with Gasteiger partial charge in [0.25, 0.3) is 0 Å². The molecule has 1 aromatic carbocycles. The summed E-state index contributed by atoms with van der Waals surface area (Å²) in [6.07, 6.45) is 0. The molecule has 0 saturated carbocycles.